The van der Waals surface area contributed by atoms with Crippen molar-refractivity contribution in [3.05, 3.63) is 34.0 Å². The number of nitro benzene ring substituents is 1. The SMILES string of the molecule is O=[N+]([O-])c1ccc2c(CN3CCCC3)[nH]nc2c1. The fraction of sp³-hybridized carbons (Fsp3) is 0.417. The standard InChI is InChI=1S/C12H14N4O2/c17-16(18)9-3-4-10-11(7-9)13-14-12(10)8-15-5-1-2-6-15/h3-4,7H,1-2,5-6,8H2,(H,13,14). The van der Waals surface area contributed by atoms with Gasteiger partial charge in [0.25, 0.3) is 5.69 Å². The number of nitrogens with one attached hydrogen (secondary N) is 1. The molecular formula is C12H14N4O2. The molecule has 0 unspecified atom stereocenters. The van der Waals surface area contributed by atoms with Gasteiger partial charge in [-0.3, -0.25) is 20.1 Å². The Balaban J connectivity index is 1.91. The van der Waals surface area contributed by atoms with Crippen molar-refractivity contribution in [1.29, 1.82) is 0 Å². The van der Waals surface area contributed by atoms with E-state index in [9.17, 15) is 10.1 Å². The first-order valence-corrected chi connectivity index (χ1v) is 6.08. The molecule has 1 N–H and O–H groups in total. The molecule has 2 heterocycles. The number of hydrogen-bond donors (Lipinski definition) is 1. The highest BCUT2D eigenvalue weighted by molar-refractivity contribution is 5.83. The fourth-order valence-corrected chi connectivity index (χ4v) is 2.45. The zero-order chi connectivity index (χ0) is 12.5. The Morgan fingerprint density at radius 2 is 2.17 bits per heavy atom. The number of likely N-dealkylation sites (tertiary alicyclic amines) is 1. The Morgan fingerprint density at radius 1 is 1.39 bits per heavy atom. The molecule has 2 aromatic rings. The maximum absolute atomic E-state index is 10.7. The van der Waals surface area contributed by atoms with E-state index in [0.717, 1.165) is 30.7 Å². The average Bonchev–Trinajstić information content (AvgIpc) is 2.99. The van der Waals surface area contributed by atoms with Gasteiger partial charge in [0.2, 0.25) is 0 Å². The molecule has 1 aromatic carbocycles. The molecule has 0 spiro atoms. The van der Waals surface area contributed by atoms with Crippen LogP contribution >= 0.6 is 0 Å². The van der Waals surface area contributed by atoms with Crippen molar-refractivity contribution in [2.45, 2.75) is 19.4 Å². The van der Waals surface area contributed by atoms with Crippen LogP contribution in [0.1, 0.15) is 18.5 Å². The third kappa shape index (κ3) is 1.95. The number of aromatic amines is 1. The maximum Gasteiger partial charge on any atom is 0.271 e. The van der Waals surface area contributed by atoms with Crippen molar-refractivity contribution < 1.29 is 4.92 Å². The van der Waals surface area contributed by atoms with Crippen LogP contribution in [0, 0.1) is 10.1 Å². The Kier molecular flexibility index (Phi) is 2.71. The van der Waals surface area contributed by atoms with Crippen LogP contribution in [-0.4, -0.2) is 33.1 Å². The Hall–Kier alpha value is -1.95. The van der Waals surface area contributed by atoms with E-state index < -0.39 is 4.92 Å². The number of nitro groups is 1. The Morgan fingerprint density at radius 3 is 2.89 bits per heavy atom. The molecule has 1 aliphatic rings. The predicted octanol–water partition coefficient (Wildman–Crippen LogP) is 2.07. The number of hydrogen-bond acceptors (Lipinski definition) is 4. The normalized spacial score (nSPS) is 16.4. The van der Waals surface area contributed by atoms with Crippen molar-refractivity contribution in [3.63, 3.8) is 0 Å². The third-order valence-electron chi connectivity index (χ3n) is 3.41. The number of nitrogens with zero attached hydrogens (tertiary/aromatic N) is 3. The summed E-state index contributed by atoms with van der Waals surface area (Å²) in [6.07, 6.45) is 2.50. The van der Waals surface area contributed by atoms with Crippen LogP contribution < -0.4 is 0 Å². The van der Waals surface area contributed by atoms with Crippen molar-refractivity contribution in [2.24, 2.45) is 0 Å². The first kappa shape index (κ1) is 11.2. The van der Waals surface area contributed by atoms with E-state index in [2.05, 4.69) is 15.1 Å². The summed E-state index contributed by atoms with van der Waals surface area (Å²) in [6, 6.07) is 4.83. The van der Waals surface area contributed by atoms with Gasteiger partial charge in [0.05, 0.1) is 16.1 Å². The molecule has 0 atom stereocenters. The molecule has 1 aliphatic heterocycles. The van der Waals surface area contributed by atoms with Gasteiger partial charge in [0.1, 0.15) is 0 Å². The maximum atomic E-state index is 10.7. The second-order valence-electron chi connectivity index (χ2n) is 4.64. The second-order valence-corrected chi connectivity index (χ2v) is 4.64. The second kappa shape index (κ2) is 4.38. The lowest BCUT2D eigenvalue weighted by atomic mass is 10.2. The first-order chi connectivity index (χ1) is 8.74. The highest BCUT2D eigenvalue weighted by atomic mass is 16.6. The lowest BCUT2D eigenvalue weighted by molar-refractivity contribution is -0.384. The van der Waals surface area contributed by atoms with E-state index in [0.29, 0.717) is 5.52 Å². The summed E-state index contributed by atoms with van der Waals surface area (Å²) in [5.41, 5.74) is 1.79. The molecule has 3 rings (SSSR count). The van der Waals surface area contributed by atoms with Gasteiger partial charge < -0.3 is 0 Å². The van der Waals surface area contributed by atoms with Crippen LogP contribution in [0.15, 0.2) is 18.2 Å². The molecule has 0 saturated carbocycles. The largest absolute Gasteiger partial charge is 0.298 e. The third-order valence-corrected chi connectivity index (χ3v) is 3.41. The summed E-state index contributed by atoms with van der Waals surface area (Å²) in [7, 11) is 0. The minimum atomic E-state index is -0.395. The van der Waals surface area contributed by atoms with Crippen LogP contribution in [0.2, 0.25) is 0 Å². The molecule has 0 aliphatic carbocycles. The van der Waals surface area contributed by atoms with E-state index in [1.807, 2.05) is 0 Å². The van der Waals surface area contributed by atoms with E-state index >= 15 is 0 Å². The van der Waals surface area contributed by atoms with Gasteiger partial charge in [0, 0.05) is 24.1 Å². The minimum absolute atomic E-state index is 0.0849. The summed E-state index contributed by atoms with van der Waals surface area (Å²) >= 11 is 0. The van der Waals surface area contributed by atoms with Crippen molar-refractivity contribution >= 4 is 16.6 Å². The monoisotopic (exact) mass is 246 g/mol. The molecule has 1 fully saturated rings. The van der Waals surface area contributed by atoms with Crippen LogP contribution in [0.3, 0.4) is 0 Å². The number of H-pyrrole nitrogens is 1. The van der Waals surface area contributed by atoms with Crippen molar-refractivity contribution in [2.75, 3.05) is 13.1 Å². The molecule has 18 heavy (non-hydrogen) atoms. The smallest absolute Gasteiger partial charge is 0.271 e. The molecule has 6 nitrogen and oxygen atoms in total. The minimum Gasteiger partial charge on any atom is -0.298 e. The van der Waals surface area contributed by atoms with Crippen LogP contribution in [0.5, 0.6) is 0 Å². The highest BCUT2D eigenvalue weighted by Crippen LogP contribution is 2.23. The van der Waals surface area contributed by atoms with Gasteiger partial charge in [0.15, 0.2) is 0 Å². The van der Waals surface area contributed by atoms with E-state index in [1.54, 1.807) is 6.07 Å². The fourth-order valence-electron chi connectivity index (χ4n) is 2.45. The number of aromatic nitrogens is 2. The van der Waals surface area contributed by atoms with Gasteiger partial charge in [-0.15, -0.1) is 0 Å². The quantitative estimate of drug-likeness (QED) is 0.664. The lowest BCUT2D eigenvalue weighted by Crippen LogP contribution is -2.18. The summed E-state index contributed by atoms with van der Waals surface area (Å²) in [4.78, 5) is 12.7. The van der Waals surface area contributed by atoms with Crippen LogP contribution in [0.4, 0.5) is 5.69 Å². The van der Waals surface area contributed by atoms with E-state index in [-0.39, 0.29) is 5.69 Å². The Labute approximate surface area is 104 Å². The van der Waals surface area contributed by atoms with Gasteiger partial charge in [-0.2, -0.15) is 5.10 Å². The van der Waals surface area contributed by atoms with Crippen molar-refractivity contribution in [1.82, 2.24) is 15.1 Å². The molecule has 0 amide bonds. The lowest BCUT2D eigenvalue weighted by Gasteiger charge is -2.12. The Bertz CT molecular complexity index is 587. The number of benzene rings is 1. The summed E-state index contributed by atoms with van der Waals surface area (Å²) in [5, 5.41) is 18.8. The van der Waals surface area contributed by atoms with Crippen LogP contribution in [-0.2, 0) is 6.54 Å². The zero-order valence-corrected chi connectivity index (χ0v) is 9.93. The van der Waals surface area contributed by atoms with Gasteiger partial charge in [-0.25, -0.2) is 0 Å². The molecular weight excluding hydrogens is 232 g/mol. The summed E-state index contributed by atoms with van der Waals surface area (Å²) in [6.45, 7) is 3.08. The van der Waals surface area contributed by atoms with Gasteiger partial charge >= 0.3 is 0 Å². The average molecular weight is 246 g/mol. The van der Waals surface area contributed by atoms with Gasteiger partial charge in [-0.1, -0.05) is 0 Å². The van der Waals surface area contributed by atoms with E-state index in [4.69, 9.17) is 0 Å². The first-order valence-electron chi connectivity index (χ1n) is 6.08. The van der Waals surface area contributed by atoms with Crippen LogP contribution in [0.25, 0.3) is 10.9 Å². The number of non-ortho nitro benzene ring substituents is 1. The van der Waals surface area contributed by atoms with E-state index in [1.165, 1.54) is 25.0 Å². The molecule has 94 valence electrons. The highest BCUT2D eigenvalue weighted by Gasteiger charge is 2.16. The van der Waals surface area contributed by atoms with Gasteiger partial charge in [-0.05, 0) is 32.0 Å². The molecule has 1 saturated heterocycles. The topological polar surface area (TPSA) is 75.1 Å². The molecule has 6 heteroatoms. The molecule has 1 aromatic heterocycles. The predicted molar refractivity (Wildman–Crippen MR) is 67.3 cm³/mol. The summed E-state index contributed by atoms with van der Waals surface area (Å²) < 4.78 is 0. The number of fused-ring (bicyclic) bond motifs is 1. The summed E-state index contributed by atoms with van der Waals surface area (Å²) in [5.74, 6) is 0. The number of rotatable bonds is 3. The van der Waals surface area contributed by atoms with Crippen molar-refractivity contribution in [3.8, 4) is 0 Å². The molecule has 0 bridgehead atoms. The molecule has 0 radical (unpaired) electrons. The zero-order valence-electron chi connectivity index (χ0n) is 9.93.